The van der Waals surface area contributed by atoms with E-state index in [2.05, 4.69) is 5.32 Å². The number of urea groups is 1. The van der Waals surface area contributed by atoms with Crippen LogP contribution in [-0.4, -0.2) is 60.6 Å². The van der Waals surface area contributed by atoms with Gasteiger partial charge >= 0.3 is 6.03 Å². The normalized spacial score (nSPS) is 10.2. The maximum atomic E-state index is 11.8. The van der Waals surface area contributed by atoms with Crippen LogP contribution in [0.3, 0.4) is 0 Å². The van der Waals surface area contributed by atoms with E-state index < -0.39 is 0 Å². The van der Waals surface area contributed by atoms with Gasteiger partial charge in [0.1, 0.15) is 5.75 Å². The molecule has 0 radical (unpaired) electrons. The average molecular weight is 296 g/mol. The number of carbonyl (C=O) groups excluding carboxylic acids is 1. The molecule has 1 rings (SSSR count). The van der Waals surface area contributed by atoms with E-state index in [1.54, 1.807) is 0 Å². The minimum Gasteiger partial charge on any atom is -0.493 e. The van der Waals surface area contributed by atoms with E-state index in [-0.39, 0.29) is 32.3 Å². The van der Waals surface area contributed by atoms with Crippen LogP contribution in [0.2, 0.25) is 0 Å². The SMILES string of the molecule is Cc1ccccc1OCCCNC(=O)N(CCO)CCO. The van der Waals surface area contributed by atoms with Crippen molar-refractivity contribution in [2.45, 2.75) is 13.3 Å². The highest BCUT2D eigenvalue weighted by Crippen LogP contribution is 2.15. The molecule has 0 aliphatic carbocycles. The van der Waals surface area contributed by atoms with Gasteiger partial charge in [-0.3, -0.25) is 0 Å². The number of hydrogen-bond acceptors (Lipinski definition) is 4. The van der Waals surface area contributed by atoms with Crippen LogP contribution in [0.25, 0.3) is 0 Å². The zero-order valence-corrected chi connectivity index (χ0v) is 12.4. The Bertz CT molecular complexity index is 420. The molecule has 0 heterocycles. The Balaban J connectivity index is 2.21. The standard InChI is InChI=1S/C15H24N2O4/c1-13-5-2-3-6-14(13)21-12-4-7-16-15(20)17(8-10-18)9-11-19/h2-3,5-6,18-19H,4,7-12H2,1H3,(H,16,20). The smallest absolute Gasteiger partial charge is 0.317 e. The van der Waals surface area contributed by atoms with E-state index in [1.807, 2.05) is 31.2 Å². The quantitative estimate of drug-likeness (QED) is 0.588. The molecule has 6 nitrogen and oxygen atoms in total. The zero-order chi connectivity index (χ0) is 15.5. The molecule has 0 bridgehead atoms. The van der Waals surface area contributed by atoms with Crippen LogP contribution < -0.4 is 10.1 Å². The van der Waals surface area contributed by atoms with E-state index in [0.29, 0.717) is 19.6 Å². The summed E-state index contributed by atoms with van der Waals surface area (Å²) in [6.07, 6.45) is 0.687. The molecule has 0 aromatic heterocycles. The highest BCUT2D eigenvalue weighted by atomic mass is 16.5. The third-order valence-electron chi connectivity index (χ3n) is 2.98. The number of amides is 2. The van der Waals surface area contributed by atoms with Gasteiger partial charge in [0.25, 0.3) is 0 Å². The Hall–Kier alpha value is -1.79. The van der Waals surface area contributed by atoms with Crippen molar-refractivity contribution >= 4 is 6.03 Å². The molecule has 0 unspecified atom stereocenters. The summed E-state index contributed by atoms with van der Waals surface area (Å²) in [6.45, 7) is 3.17. The van der Waals surface area contributed by atoms with Gasteiger partial charge < -0.3 is 25.2 Å². The fourth-order valence-corrected chi connectivity index (χ4v) is 1.84. The molecule has 3 N–H and O–H groups in total. The lowest BCUT2D eigenvalue weighted by atomic mass is 10.2. The lowest BCUT2D eigenvalue weighted by molar-refractivity contribution is 0.158. The van der Waals surface area contributed by atoms with Gasteiger partial charge in [0.05, 0.1) is 19.8 Å². The fourth-order valence-electron chi connectivity index (χ4n) is 1.84. The van der Waals surface area contributed by atoms with Crippen molar-refractivity contribution in [3.8, 4) is 5.75 Å². The van der Waals surface area contributed by atoms with Gasteiger partial charge in [-0.25, -0.2) is 4.79 Å². The number of rotatable bonds is 9. The van der Waals surface area contributed by atoms with Crippen molar-refractivity contribution in [2.75, 3.05) is 39.5 Å². The maximum absolute atomic E-state index is 11.8. The van der Waals surface area contributed by atoms with Gasteiger partial charge in [-0.05, 0) is 25.0 Å². The number of ether oxygens (including phenoxy) is 1. The Morgan fingerprint density at radius 1 is 1.24 bits per heavy atom. The molecule has 118 valence electrons. The Kier molecular flexibility index (Phi) is 8.23. The number of aliphatic hydroxyl groups excluding tert-OH is 2. The van der Waals surface area contributed by atoms with E-state index >= 15 is 0 Å². The second kappa shape index (κ2) is 10.0. The Morgan fingerprint density at radius 3 is 2.52 bits per heavy atom. The summed E-state index contributed by atoms with van der Waals surface area (Å²) >= 11 is 0. The van der Waals surface area contributed by atoms with Gasteiger partial charge in [0.2, 0.25) is 0 Å². The van der Waals surface area contributed by atoms with Crippen LogP contribution in [0.4, 0.5) is 4.79 Å². The first kappa shape index (κ1) is 17.3. The van der Waals surface area contributed by atoms with Crippen LogP contribution in [0.15, 0.2) is 24.3 Å². The van der Waals surface area contributed by atoms with Gasteiger partial charge in [-0.15, -0.1) is 0 Å². The van der Waals surface area contributed by atoms with Crippen molar-refractivity contribution in [3.05, 3.63) is 29.8 Å². The zero-order valence-electron chi connectivity index (χ0n) is 12.4. The predicted molar refractivity (Wildman–Crippen MR) is 80.4 cm³/mol. The summed E-state index contributed by atoms with van der Waals surface area (Å²) in [7, 11) is 0. The molecular weight excluding hydrogens is 272 g/mol. The molecule has 0 fully saturated rings. The van der Waals surface area contributed by atoms with Crippen molar-refractivity contribution in [1.82, 2.24) is 10.2 Å². The summed E-state index contributed by atoms with van der Waals surface area (Å²) in [5, 5.41) is 20.4. The lowest BCUT2D eigenvalue weighted by Crippen LogP contribution is -2.43. The number of nitrogens with one attached hydrogen (secondary N) is 1. The fraction of sp³-hybridized carbons (Fsp3) is 0.533. The number of benzene rings is 1. The van der Waals surface area contributed by atoms with E-state index in [4.69, 9.17) is 14.9 Å². The second-order valence-electron chi connectivity index (χ2n) is 4.63. The minimum absolute atomic E-state index is 0.121. The van der Waals surface area contributed by atoms with Crippen LogP contribution in [0.5, 0.6) is 5.75 Å². The topological polar surface area (TPSA) is 82.0 Å². The van der Waals surface area contributed by atoms with Crippen molar-refractivity contribution in [2.24, 2.45) is 0 Å². The summed E-state index contributed by atoms with van der Waals surface area (Å²) in [5.41, 5.74) is 1.08. The molecule has 21 heavy (non-hydrogen) atoms. The average Bonchev–Trinajstić information content (AvgIpc) is 2.48. The number of hydrogen-bond donors (Lipinski definition) is 3. The van der Waals surface area contributed by atoms with Gasteiger partial charge in [-0.1, -0.05) is 18.2 Å². The van der Waals surface area contributed by atoms with E-state index in [9.17, 15) is 4.79 Å². The largest absolute Gasteiger partial charge is 0.493 e. The monoisotopic (exact) mass is 296 g/mol. The molecule has 1 aromatic rings. The second-order valence-corrected chi connectivity index (χ2v) is 4.63. The predicted octanol–water partition coefficient (Wildman–Crippen LogP) is 0.760. The molecule has 0 atom stereocenters. The molecule has 0 saturated heterocycles. The number of aryl methyl sites for hydroxylation is 1. The molecule has 0 saturated carbocycles. The van der Waals surface area contributed by atoms with Crippen LogP contribution in [-0.2, 0) is 0 Å². The summed E-state index contributed by atoms with van der Waals surface area (Å²) in [6, 6.07) is 7.50. The van der Waals surface area contributed by atoms with Gasteiger partial charge in [0, 0.05) is 19.6 Å². The third kappa shape index (κ3) is 6.46. The number of nitrogens with zero attached hydrogens (tertiary/aromatic N) is 1. The molecule has 6 heteroatoms. The molecule has 1 aromatic carbocycles. The van der Waals surface area contributed by atoms with Gasteiger partial charge in [-0.2, -0.15) is 0 Å². The lowest BCUT2D eigenvalue weighted by Gasteiger charge is -2.21. The Morgan fingerprint density at radius 2 is 1.90 bits per heavy atom. The maximum Gasteiger partial charge on any atom is 0.317 e. The van der Waals surface area contributed by atoms with Gasteiger partial charge in [0.15, 0.2) is 0 Å². The van der Waals surface area contributed by atoms with Crippen molar-refractivity contribution in [3.63, 3.8) is 0 Å². The summed E-state index contributed by atoms with van der Waals surface area (Å²) in [5.74, 6) is 0.853. The Labute approximate surface area is 125 Å². The summed E-state index contributed by atoms with van der Waals surface area (Å²) in [4.78, 5) is 13.1. The van der Waals surface area contributed by atoms with Crippen molar-refractivity contribution < 1.29 is 19.7 Å². The molecule has 2 amide bonds. The number of para-hydroxylation sites is 1. The molecule has 0 aliphatic rings. The highest BCUT2D eigenvalue weighted by Gasteiger charge is 2.11. The van der Waals surface area contributed by atoms with E-state index in [1.165, 1.54) is 4.90 Å². The number of aliphatic hydroxyl groups is 2. The molecule has 0 spiro atoms. The first-order valence-corrected chi connectivity index (χ1v) is 7.12. The first-order chi connectivity index (χ1) is 10.2. The summed E-state index contributed by atoms with van der Waals surface area (Å²) < 4.78 is 5.63. The molecular formula is C15H24N2O4. The number of carbonyl (C=O) groups is 1. The van der Waals surface area contributed by atoms with Crippen LogP contribution in [0, 0.1) is 6.92 Å². The van der Waals surface area contributed by atoms with Crippen LogP contribution in [0.1, 0.15) is 12.0 Å². The first-order valence-electron chi connectivity index (χ1n) is 7.12. The third-order valence-corrected chi connectivity index (χ3v) is 2.98. The highest BCUT2D eigenvalue weighted by molar-refractivity contribution is 5.74. The molecule has 0 aliphatic heterocycles. The van der Waals surface area contributed by atoms with Crippen LogP contribution >= 0.6 is 0 Å². The van der Waals surface area contributed by atoms with Crippen molar-refractivity contribution in [1.29, 1.82) is 0 Å². The minimum atomic E-state index is -0.283. The van der Waals surface area contributed by atoms with E-state index in [0.717, 1.165) is 11.3 Å².